The zero-order chi connectivity index (χ0) is 23.2. The summed E-state index contributed by atoms with van der Waals surface area (Å²) in [6.07, 6.45) is 4.37. The lowest BCUT2D eigenvalue weighted by Crippen LogP contribution is -2.22. The number of nitrogens with two attached hydrogens (primary N) is 1. The maximum Gasteiger partial charge on any atom is 0.243 e. The quantitative estimate of drug-likeness (QED) is 0.115. The summed E-state index contributed by atoms with van der Waals surface area (Å²) in [4.78, 5) is 25.2. The number of nitrogens with zero attached hydrogens (tertiary/aromatic N) is 4. The highest BCUT2D eigenvalue weighted by atomic mass is 127. The van der Waals surface area contributed by atoms with Crippen LogP contribution in [0.3, 0.4) is 0 Å². The third kappa shape index (κ3) is 5.77. The van der Waals surface area contributed by atoms with Gasteiger partial charge in [0.15, 0.2) is 33.6 Å². The first kappa shape index (κ1) is 23.8. The zero-order valence-electron chi connectivity index (χ0n) is 17.7. The van der Waals surface area contributed by atoms with Crippen molar-refractivity contribution in [3.63, 3.8) is 0 Å². The fraction of sp³-hybridized carbons (Fsp3) is 0.400. The molecule has 11 nitrogen and oxygen atoms in total. The molecule has 33 heavy (non-hydrogen) atoms. The third-order valence-electron chi connectivity index (χ3n) is 5.05. The first-order valence-corrected chi connectivity index (χ1v) is 12.3. The van der Waals surface area contributed by atoms with E-state index in [4.69, 9.17) is 25.4 Å². The number of imidazole rings is 1. The highest BCUT2D eigenvalue weighted by Crippen LogP contribution is 2.41. The molecule has 1 aliphatic rings. The van der Waals surface area contributed by atoms with Gasteiger partial charge in [-0.2, -0.15) is 0 Å². The molecule has 0 radical (unpaired) electrons. The smallest absolute Gasteiger partial charge is 0.243 e. The number of fused-ring (bicyclic) bond motifs is 2. The Morgan fingerprint density at radius 2 is 2.03 bits per heavy atom. The van der Waals surface area contributed by atoms with E-state index in [0.717, 1.165) is 57.5 Å². The molecule has 13 heteroatoms. The second kappa shape index (κ2) is 11.2. The highest BCUT2D eigenvalue weighted by Gasteiger charge is 2.20. The van der Waals surface area contributed by atoms with Gasteiger partial charge >= 0.3 is 0 Å². The summed E-state index contributed by atoms with van der Waals surface area (Å²) in [6.45, 7) is 2.43. The van der Waals surface area contributed by atoms with Crippen molar-refractivity contribution in [2.24, 2.45) is 0 Å². The van der Waals surface area contributed by atoms with E-state index in [2.05, 4.69) is 37.9 Å². The van der Waals surface area contributed by atoms with Crippen molar-refractivity contribution in [3.8, 4) is 11.5 Å². The van der Waals surface area contributed by atoms with Gasteiger partial charge in [-0.25, -0.2) is 20.4 Å². The van der Waals surface area contributed by atoms with Crippen LogP contribution in [0.4, 0.5) is 5.82 Å². The molecule has 0 bridgehead atoms. The molecule has 4 rings (SSSR count). The van der Waals surface area contributed by atoms with E-state index >= 15 is 0 Å². The zero-order valence-corrected chi connectivity index (χ0v) is 20.7. The first-order valence-electron chi connectivity index (χ1n) is 10.4. The van der Waals surface area contributed by atoms with Crippen LogP contribution in [-0.4, -0.2) is 50.5 Å². The Labute approximate surface area is 207 Å². The number of unbranched alkanes of at least 4 members (excludes halogenated alkanes) is 2. The lowest BCUT2D eigenvalue weighted by molar-refractivity contribution is -0.129. The molecule has 3 heterocycles. The lowest BCUT2D eigenvalue weighted by atomic mass is 10.2. The van der Waals surface area contributed by atoms with Gasteiger partial charge in [-0.3, -0.25) is 10.0 Å². The van der Waals surface area contributed by atoms with Crippen LogP contribution in [0.5, 0.6) is 11.5 Å². The molecule has 5 N–H and O–H groups in total. The number of amides is 1. The molecule has 176 valence electrons. The standard InChI is InChI=1S/C20H24IN7O4S/c21-12-8-13-14(32-11-31-13)9-15(12)33-20-26-17-18(22)24-10-25-19(17)28(20)7-6-23-5-3-1-2-4-16(29)27-30/h8-10,23,30H,1-7,11H2,(H,27,29)(H2,22,24,25). The Bertz CT molecular complexity index is 1140. The normalized spacial score (nSPS) is 12.4. The van der Waals surface area contributed by atoms with Crippen LogP contribution in [0.1, 0.15) is 25.7 Å². The largest absolute Gasteiger partial charge is 0.454 e. The van der Waals surface area contributed by atoms with Crippen LogP contribution in [0.2, 0.25) is 0 Å². The number of aromatic nitrogens is 4. The van der Waals surface area contributed by atoms with Crippen molar-refractivity contribution in [3.05, 3.63) is 22.0 Å². The summed E-state index contributed by atoms with van der Waals surface area (Å²) in [6, 6.07) is 3.92. The van der Waals surface area contributed by atoms with Crippen molar-refractivity contribution in [1.29, 1.82) is 0 Å². The molecule has 0 unspecified atom stereocenters. The molecule has 0 saturated heterocycles. The Morgan fingerprint density at radius 1 is 1.21 bits per heavy atom. The summed E-state index contributed by atoms with van der Waals surface area (Å²) < 4.78 is 14.1. The number of anilines is 1. The monoisotopic (exact) mass is 585 g/mol. The fourth-order valence-corrected chi connectivity index (χ4v) is 5.09. The van der Waals surface area contributed by atoms with Gasteiger partial charge in [0.1, 0.15) is 6.33 Å². The van der Waals surface area contributed by atoms with E-state index in [9.17, 15) is 4.79 Å². The number of nitrogens with one attached hydrogen (secondary N) is 2. The van der Waals surface area contributed by atoms with Crippen molar-refractivity contribution in [1.82, 2.24) is 30.3 Å². The molecule has 1 amide bonds. The maximum absolute atomic E-state index is 11.0. The Kier molecular flexibility index (Phi) is 8.06. The van der Waals surface area contributed by atoms with Gasteiger partial charge < -0.3 is 25.1 Å². The summed E-state index contributed by atoms with van der Waals surface area (Å²) >= 11 is 3.80. The Morgan fingerprint density at radius 3 is 2.85 bits per heavy atom. The van der Waals surface area contributed by atoms with Crippen LogP contribution in [0, 0.1) is 3.57 Å². The van der Waals surface area contributed by atoms with Gasteiger partial charge in [-0.15, -0.1) is 0 Å². The molecular formula is C20H24IN7O4S. The SMILES string of the molecule is Nc1ncnc2c1nc(Sc1cc3c(cc1I)OCO3)n2CCNCCCCCC(=O)NO. The molecule has 0 fully saturated rings. The number of ether oxygens (including phenoxy) is 2. The molecule has 0 spiro atoms. The van der Waals surface area contributed by atoms with E-state index in [1.807, 2.05) is 16.7 Å². The molecule has 1 aliphatic heterocycles. The van der Waals surface area contributed by atoms with Gasteiger partial charge in [-0.1, -0.05) is 18.2 Å². The lowest BCUT2D eigenvalue weighted by Gasteiger charge is -2.11. The second-order valence-corrected chi connectivity index (χ2v) is 9.48. The number of benzene rings is 1. The number of halogens is 1. The highest BCUT2D eigenvalue weighted by molar-refractivity contribution is 14.1. The van der Waals surface area contributed by atoms with E-state index in [1.54, 1.807) is 5.48 Å². The molecule has 2 aromatic heterocycles. The molecule has 3 aromatic rings. The summed E-state index contributed by atoms with van der Waals surface area (Å²) in [7, 11) is 0. The maximum atomic E-state index is 11.0. The second-order valence-electron chi connectivity index (χ2n) is 7.31. The number of hydroxylamine groups is 1. The van der Waals surface area contributed by atoms with Crippen molar-refractivity contribution >= 4 is 57.2 Å². The predicted molar refractivity (Wildman–Crippen MR) is 130 cm³/mol. The van der Waals surface area contributed by atoms with E-state index in [-0.39, 0.29) is 12.7 Å². The van der Waals surface area contributed by atoms with Gasteiger partial charge in [0.2, 0.25) is 12.7 Å². The minimum atomic E-state index is -0.349. The molecular weight excluding hydrogens is 561 g/mol. The van der Waals surface area contributed by atoms with E-state index in [1.165, 1.54) is 18.1 Å². The van der Waals surface area contributed by atoms with Crippen LogP contribution >= 0.6 is 34.4 Å². The topological polar surface area (TPSA) is 149 Å². The first-order chi connectivity index (χ1) is 16.1. The molecule has 0 atom stereocenters. The fourth-order valence-electron chi connectivity index (χ4n) is 3.37. The van der Waals surface area contributed by atoms with E-state index in [0.29, 0.717) is 29.9 Å². The number of carbonyl (C=O) groups excluding carboxylic acids is 1. The van der Waals surface area contributed by atoms with E-state index < -0.39 is 0 Å². The number of rotatable bonds is 11. The number of hydrogen-bond acceptors (Lipinski definition) is 10. The summed E-state index contributed by atoms with van der Waals surface area (Å²) in [5.41, 5.74) is 8.98. The predicted octanol–water partition coefficient (Wildman–Crippen LogP) is 2.55. The van der Waals surface area contributed by atoms with Crippen molar-refractivity contribution in [2.75, 3.05) is 25.6 Å². The molecule has 1 aromatic carbocycles. The van der Waals surface area contributed by atoms with Crippen LogP contribution in [-0.2, 0) is 11.3 Å². The van der Waals surface area contributed by atoms with Gasteiger partial charge in [0.25, 0.3) is 0 Å². The Hall–Kier alpha value is -2.36. The summed E-state index contributed by atoms with van der Waals surface area (Å²) in [5, 5.41) is 12.7. The Balaban J connectivity index is 1.41. The minimum Gasteiger partial charge on any atom is -0.454 e. The summed E-state index contributed by atoms with van der Waals surface area (Å²) in [5.74, 6) is 1.46. The third-order valence-corrected chi connectivity index (χ3v) is 7.36. The number of hydrogen-bond donors (Lipinski definition) is 4. The van der Waals surface area contributed by atoms with Gasteiger partial charge in [0, 0.05) is 28.0 Å². The number of carbonyl (C=O) groups is 1. The molecule has 0 aliphatic carbocycles. The van der Waals surface area contributed by atoms with Gasteiger partial charge in [0.05, 0.1) is 0 Å². The van der Waals surface area contributed by atoms with Gasteiger partial charge in [-0.05, 0) is 54.1 Å². The minimum absolute atomic E-state index is 0.227. The number of nitrogen functional groups attached to an aromatic ring is 1. The average Bonchev–Trinajstić information content (AvgIpc) is 3.40. The van der Waals surface area contributed by atoms with Crippen LogP contribution < -0.4 is 26.0 Å². The van der Waals surface area contributed by atoms with Crippen LogP contribution in [0.25, 0.3) is 11.2 Å². The van der Waals surface area contributed by atoms with Crippen molar-refractivity contribution in [2.45, 2.75) is 42.3 Å². The molecule has 0 saturated carbocycles. The average molecular weight is 585 g/mol. The van der Waals surface area contributed by atoms with Crippen molar-refractivity contribution < 1.29 is 19.5 Å². The van der Waals surface area contributed by atoms with Crippen LogP contribution in [0.15, 0.2) is 28.5 Å².